The minimum Gasteiger partial charge on any atom is -0.469 e. The lowest BCUT2D eigenvalue weighted by atomic mass is 10.1. The molecule has 1 fully saturated rings. The number of rotatable bonds is 6. The van der Waals surface area contributed by atoms with Crippen LogP contribution in [0.2, 0.25) is 0 Å². The molecule has 1 aliphatic rings. The van der Waals surface area contributed by atoms with Crippen molar-refractivity contribution in [3.8, 4) is 0 Å². The topological polar surface area (TPSA) is 55.8 Å². The molecule has 0 N–H and O–H groups in total. The van der Waals surface area contributed by atoms with Gasteiger partial charge in [0.25, 0.3) is 5.91 Å². The summed E-state index contributed by atoms with van der Waals surface area (Å²) in [6.07, 6.45) is 1.96. The van der Waals surface area contributed by atoms with Gasteiger partial charge in [-0.1, -0.05) is 0 Å². The Hall–Kier alpha value is -1.22. The van der Waals surface area contributed by atoms with Crippen molar-refractivity contribution in [2.45, 2.75) is 25.4 Å². The van der Waals surface area contributed by atoms with Crippen LogP contribution in [0.15, 0.2) is 18.2 Å². The van der Waals surface area contributed by atoms with Gasteiger partial charge in [0.2, 0.25) is 0 Å². The Bertz CT molecular complexity index is 575. The lowest BCUT2D eigenvalue weighted by Crippen LogP contribution is -2.39. The maximum Gasteiger partial charge on any atom is 0.307 e. The van der Waals surface area contributed by atoms with Crippen LogP contribution in [-0.4, -0.2) is 49.7 Å². The second kappa shape index (κ2) is 8.58. The molecule has 0 saturated carbocycles. The molecule has 1 heterocycles. The Morgan fingerprint density at radius 1 is 1.48 bits per heavy atom. The van der Waals surface area contributed by atoms with Crippen LogP contribution in [0.5, 0.6) is 0 Å². The van der Waals surface area contributed by atoms with Gasteiger partial charge in [0.05, 0.1) is 25.2 Å². The molecule has 0 spiro atoms. The van der Waals surface area contributed by atoms with Crippen molar-refractivity contribution < 1.29 is 23.5 Å². The quantitative estimate of drug-likeness (QED) is 0.510. The highest BCUT2D eigenvalue weighted by Crippen LogP contribution is 2.19. The van der Waals surface area contributed by atoms with Gasteiger partial charge in [-0.05, 0) is 53.6 Å². The van der Waals surface area contributed by atoms with E-state index in [1.54, 1.807) is 4.90 Å². The number of hydrogen-bond donors (Lipinski definition) is 0. The summed E-state index contributed by atoms with van der Waals surface area (Å²) >= 11 is 1.94. The molecule has 0 aliphatic carbocycles. The Labute approximate surface area is 148 Å². The fraction of sp³-hybridized carbons (Fsp3) is 0.500. The smallest absolute Gasteiger partial charge is 0.307 e. The van der Waals surface area contributed by atoms with E-state index in [9.17, 15) is 14.0 Å². The Balaban J connectivity index is 2.12. The lowest BCUT2D eigenvalue weighted by molar-refractivity contribution is -0.140. The van der Waals surface area contributed by atoms with E-state index in [-0.39, 0.29) is 36.8 Å². The van der Waals surface area contributed by atoms with E-state index in [0.29, 0.717) is 22.3 Å². The Morgan fingerprint density at radius 2 is 2.26 bits per heavy atom. The van der Waals surface area contributed by atoms with E-state index in [4.69, 9.17) is 4.74 Å². The molecule has 5 nitrogen and oxygen atoms in total. The van der Waals surface area contributed by atoms with E-state index >= 15 is 0 Å². The largest absolute Gasteiger partial charge is 0.469 e. The third-order valence-corrected chi connectivity index (χ3v) is 4.60. The third-order valence-electron chi connectivity index (χ3n) is 3.71. The zero-order chi connectivity index (χ0) is 16.8. The standard InChI is InChI=1S/C16H19FINO4/c1-22-15(20)6-7-19(10-12-3-2-8-23-12)16(21)13-5-4-11(17)9-14(13)18/h4-5,9,12H,2-3,6-8,10H2,1H3. The zero-order valence-corrected chi connectivity index (χ0v) is 15.0. The van der Waals surface area contributed by atoms with E-state index in [0.717, 1.165) is 12.8 Å². The molecule has 0 radical (unpaired) electrons. The molecule has 2 rings (SSSR count). The summed E-state index contributed by atoms with van der Waals surface area (Å²) in [7, 11) is 1.32. The van der Waals surface area contributed by atoms with Crippen molar-refractivity contribution in [1.29, 1.82) is 0 Å². The molecule has 126 valence electrons. The molecule has 1 saturated heterocycles. The number of carbonyl (C=O) groups is 2. The van der Waals surface area contributed by atoms with Crippen LogP contribution in [-0.2, 0) is 14.3 Å². The van der Waals surface area contributed by atoms with Crippen LogP contribution in [0.4, 0.5) is 4.39 Å². The van der Waals surface area contributed by atoms with Gasteiger partial charge in [-0.3, -0.25) is 9.59 Å². The van der Waals surface area contributed by atoms with Gasteiger partial charge in [0.1, 0.15) is 5.82 Å². The van der Waals surface area contributed by atoms with E-state index < -0.39 is 0 Å². The summed E-state index contributed by atoms with van der Waals surface area (Å²) < 4.78 is 24.0. The van der Waals surface area contributed by atoms with Gasteiger partial charge < -0.3 is 14.4 Å². The highest BCUT2D eigenvalue weighted by Gasteiger charge is 2.25. The molecular formula is C16H19FINO4. The molecule has 0 bridgehead atoms. The third kappa shape index (κ3) is 5.13. The predicted octanol–water partition coefficient (Wildman–Crippen LogP) is 2.61. The summed E-state index contributed by atoms with van der Waals surface area (Å²) in [6, 6.07) is 4.05. The van der Waals surface area contributed by atoms with Crippen LogP contribution in [0.3, 0.4) is 0 Å². The fourth-order valence-electron chi connectivity index (χ4n) is 2.47. The van der Waals surface area contributed by atoms with Crippen LogP contribution in [0.25, 0.3) is 0 Å². The van der Waals surface area contributed by atoms with Gasteiger partial charge in [-0.25, -0.2) is 4.39 Å². The van der Waals surface area contributed by atoms with Crippen molar-refractivity contribution >= 4 is 34.5 Å². The summed E-state index contributed by atoms with van der Waals surface area (Å²) in [5, 5.41) is 0. The van der Waals surface area contributed by atoms with Crippen molar-refractivity contribution in [1.82, 2.24) is 4.90 Å². The van der Waals surface area contributed by atoms with Crippen molar-refractivity contribution in [2.24, 2.45) is 0 Å². The number of esters is 1. The lowest BCUT2D eigenvalue weighted by Gasteiger charge is -2.25. The first-order chi connectivity index (χ1) is 11.0. The molecule has 1 atom stereocenters. The average molecular weight is 435 g/mol. The molecule has 1 unspecified atom stereocenters. The molecular weight excluding hydrogens is 416 g/mol. The van der Waals surface area contributed by atoms with Crippen LogP contribution < -0.4 is 0 Å². The average Bonchev–Trinajstić information content (AvgIpc) is 3.03. The van der Waals surface area contributed by atoms with Crippen LogP contribution in [0.1, 0.15) is 29.6 Å². The highest BCUT2D eigenvalue weighted by molar-refractivity contribution is 14.1. The number of benzene rings is 1. The first-order valence-corrected chi connectivity index (χ1v) is 8.52. The van der Waals surface area contributed by atoms with E-state index in [1.807, 2.05) is 22.6 Å². The van der Waals surface area contributed by atoms with Gasteiger partial charge in [0, 0.05) is 23.3 Å². The maximum atomic E-state index is 13.2. The molecule has 1 aliphatic heterocycles. The van der Waals surface area contributed by atoms with Crippen LogP contribution in [0, 0.1) is 9.39 Å². The Morgan fingerprint density at radius 3 is 2.87 bits per heavy atom. The summed E-state index contributed by atoms with van der Waals surface area (Å²) in [6.45, 7) is 1.36. The summed E-state index contributed by atoms with van der Waals surface area (Å²) in [5.74, 6) is -0.982. The number of methoxy groups -OCH3 is 1. The second-order valence-electron chi connectivity index (χ2n) is 5.34. The highest BCUT2D eigenvalue weighted by atomic mass is 127. The zero-order valence-electron chi connectivity index (χ0n) is 12.9. The van der Waals surface area contributed by atoms with Gasteiger partial charge in [0.15, 0.2) is 0 Å². The molecule has 1 amide bonds. The van der Waals surface area contributed by atoms with Crippen LogP contribution >= 0.6 is 22.6 Å². The number of amides is 1. The van der Waals surface area contributed by atoms with E-state index in [1.165, 1.54) is 25.3 Å². The number of halogens is 2. The second-order valence-corrected chi connectivity index (χ2v) is 6.50. The normalized spacial score (nSPS) is 17.1. The van der Waals surface area contributed by atoms with Gasteiger partial charge >= 0.3 is 5.97 Å². The van der Waals surface area contributed by atoms with E-state index in [2.05, 4.69) is 4.74 Å². The molecule has 1 aromatic carbocycles. The number of carbonyl (C=O) groups excluding carboxylic acids is 2. The van der Waals surface area contributed by atoms with Crippen molar-refractivity contribution in [3.05, 3.63) is 33.1 Å². The van der Waals surface area contributed by atoms with Gasteiger partial charge in [-0.15, -0.1) is 0 Å². The van der Waals surface area contributed by atoms with Crippen molar-refractivity contribution in [2.75, 3.05) is 26.8 Å². The monoisotopic (exact) mass is 435 g/mol. The fourth-order valence-corrected chi connectivity index (χ4v) is 3.18. The molecule has 23 heavy (non-hydrogen) atoms. The number of nitrogens with zero attached hydrogens (tertiary/aromatic N) is 1. The maximum absolute atomic E-state index is 13.2. The number of hydrogen-bond acceptors (Lipinski definition) is 4. The molecule has 0 aromatic heterocycles. The number of ether oxygens (including phenoxy) is 2. The minimum atomic E-state index is -0.383. The Kier molecular flexibility index (Phi) is 6.76. The summed E-state index contributed by atoms with van der Waals surface area (Å²) in [5.41, 5.74) is 0.426. The minimum absolute atomic E-state index is 0.0188. The predicted molar refractivity (Wildman–Crippen MR) is 90.6 cm³/mol. The molecule has 7 heteroatoms. The van der Waals surface area contributed by atoms with Crippen molar-refractivity contribution in [3.63, 3.8) is 0 Å². The first-order valence-electron chi connectivity index (χ1n) is 7.44. The van der Waals surface area contributed by atoms with Gasteiger partial charge in [-0.2, -0.15) is 0 Å². The summed E-state index contributed by atoms with van der Waals surface area (Å²) in [4.78, 5) is 25.7. The first kappa shape index (κ1) is 18.1. The SMILES string of the molecule is COC(=O)CCN(CC1CCCO1)C(=O)c1ccc(F)cc1I. The molecule has 1 aromatic rings.